The van der Waals surface area contributed by atoms with Crippen molar-refractivity contribution in [1.82, 2.24) is 10.3 Å². The molecule has 1 fully saturated rings. The average Bonchev–Trinajstić information content (AvgIpc) is 3.04. The van der Waals surface area contributed by atoms with Gasteiger partial charge in [0.05, 0.1) is 36.6 Å². The van der Waals surface area contributed by atoms with E-state index in [-0.39, 0.29) is 6.10 Å². The van der Waals surface area contributed by atoms with Gasteiger partial charge in [-0.2, -0.15) is 0 Å². The van der Waals surface area contributed by atoms with Crippen molar-refractivity contribution >= 4 is 11.3 Å². The molecule has 1 saturated carbocycles. The third kappa shape index (κ3) is 6.00. The highest BCUT2D eigenvalue weighted by atomic mass is 32.1. The number of hydrogen-bond donors (Lipinski definition) is 3. The molecular weight excluding hydrogens is 288 g/mol. The van der Waals surface area contributed by atoms with Gasteiger partial charge in [0, 0.05) is 17.8 Å². The van der Waals surface area contributed by atoms with Crippen LogP contribution in [0.5, 0.6) is 0 Å². The minimum Gasteiger partial charge on any atom is -0.393 e. The first-order valence-corrected chi connectivity index (χ1v) is 8.56. The van der Waals surface area contributed by atoms with Gasteiger partial charge >= 0.3 is 0 Å². The molecule has 5 nitrogen and oxygen atoms in total. The van der Waals surface area contributed by atoms with Crippen molar-refractivity contribution in [1.29, 1.82) is 0 Å². The van der Waals surface area contributed by atoms with Crippen LogP contribution in [-0.4, -0.2) is 53.7 Å². The molecule has 1 aliphatic rings. The van der Waals surface area contributed by atoms with Crippen molar-refractivity contribution in [2.24, 2.45) is 5.92 Å². The molecule has 0 bridgehead atoms. The van der Waals surface area contributed by atoms with Crippen molar-refractivity contribution in [2.75, 3.05) is 26.3 Å². The van der Waals surface area contributed by atoms with Gasteiger partial charge in [-0.3, -0.25) is 0 Å². The summed E-state index contributed by atoms with van der Waals surface area (Å²) in [7, 11) is 0. The second kappa shape index (κ2) is 8.80. The molecule has 0 radical (unpaired) electrons. The van der Waals surface area contributed by atoms with Gasteiger partial charge in [-0.1, -0.05) is 0 Å². The molecule has 2 rings (SSSR count). The highest BCUT2D eigenvalue weighted by Crippen LogP contribution is 2.24. The number of nitrogens with one attached hydrogen (secondary N) is 1. The summed E-state index contributed by atoms with van der Waals surface area (Å²) in [6, 6.07) is 0. The predicted molar refractivity (Wildman–Crippen MR) is 83.6 cm³/mol. The van der Waals surface area contributed by atoms with Gasteiger partial charge in [-0.15, -0.1) is 11.3 Å². The van der Waals surface area contributed by atoms with Gasteiger partial charge in [0.1, 0.15) is 0 Å². The standard InChI is InChI=1S/C15H26N2O3S/c1-11-15(21-10-17-11)4-5-20-9-14(19)8-16-7-12-2-3-13(18)6-12/h10,12-14,16,18-19H,2-9H2,1H3. The van der Waals surface area contributed by atoms with Crippen molar-refractivity contribution in [3.63, 3.8) is 0 Å². The summed E-state index contributed by atoms with van der Waals surface area (Å²) in [6.45, 7) is 4.40. The van der Waals surface area contributed by atoms with Crippen LogP contribution in [-0.2, 0) is 11.2 Å². The second-order valence-electron chi connectivity index (χ2n) is 5.83. The number of hydrogen-bond acceptors (Lipinski definition) is 6. The van der Waals surface area contributed by atoms with Crippen LogP contribution in [0, 0.1) is 12.8 Å². The third-order valence-corrected chi connectivity index (χ3v) is 4.95. The third-order valence-electron chi connectivity index (χ3n) is 3.96. The largest absolute Gasteiger partial charge is 0.393 e. The fourth-order valence-electron chi connectivity index (χ4n) is 2.70. The molecule has 3 atom stereocenters. The maximum atomic E-state index is 9.84. The van der Waals surface area contributed by atoms with Crippen LogP contribution in [0.25, 0.3) is 0 Å². The van der Waals surface area contributed by atoms with Gasteiger partial charge in [-0.25, -0.2) is 4.98 Å². The lowest BCUT2D eigenvalue weighted by atomic mass is 10.1. The molecule has 3 N–H and O–H groups in total. The molecule has 21 heavy (non-hydrogen) atoms. The monoisotopic (exact) mass is 314 g/mol. The van der Waals surface area contributed by atoms with Crippen LogP contribution < -0.4 is 5.32 Å². The van der Waals surface area contributed by atoms with E-state index in [1.54, 1.807) is 11.3 Å². The lowest BCUT2D eigenvalue weighted by Gasteiger charge is -2.15. The van der Waals surface area contributed by atoms with Gasteiger partial charge in [0.15, 0.2) is 0 Å². The first-order valence-electron chi connectivity index (χ1n) is 7.68. The van der Waals surface area contributed by atoms with Crippen LogP contribution in [0.4, 0.5) is 0 Å². The minimum atomic E-state index is -0.473. The summed E-state index contributed by atoms with van der Waals surface area (Å²) >= 11 is 1.65. The van der Waals surface area contributed by atoms with E-state index >= 15 is 0 Å². The first-order chi connectivity index (χ1) is 10.1. The Bertz CT molecular complexity index is 413. The minimum absolute atomic E-state index is 0.125. The van der Waals surface area contributed by atoms with Crippen LogP contribution >= 0.6 is 11.3 Å². The Morgan fingerprint density at radius 2 is 2.38 bits per heavy atom. The summed E-state index contributed by atoms with van der Waals surface area (Å²) in [5, 5.41) is 22.6. The molecular formula is C15H26N2O3S. The summed E-state index contributed by atoms with van der Waals surface area (Å²) in [6.07, 6.45) is 3.13. The summed E-state index contributed by atoms with van der Waals surface area (Å²) < 4.78 is 5.51. The van der Waals surface area contributed by atoms with Crippen molar-refractivity contribution in [3.05, 3.63) is 16.1 Å². The normalized spacial score (nSPS) is 23.6. The topological polar surface area (TPSA) is 74.6 Å². The highest BCUT2D eigenvalue weighted by molar-refractivity contribution is 7.09. The number of aryl methyl sites for hydroxylation is 1. The van der Waals surface area contributed by atoms with E-state index < -0.39 is 6.10 Å². The average molecular weight is 314 g/mol. The molecule has 1 heterocycles. The van der Waals surface area contributed by atoms with Crippen LogP contribution in [0.3, 0.4) is 0 Å². The van der Waals surface area contributed by atoms with E-state index in [4.69, 9.17) is 4.74 Å². The summed E-state index contributed by atoms with van der Waals surface area (Å²) in [4.78, 5) is 5.45. The van der Waals surface area contributed by atoms with Crippen LogP contribution in [0.1, 0.15) is 29.8 Å². The molecule has 1 aliphatic carbocycles. The Labute approximate surface area is 130 Å². The lowest BCUT2D eigenvalue weighted by molar-refractivity contribution is 0.0380. The number of thiazole rings is 1. The SMILES string of the molecule is Cc1ncsc1CCOCC(O)CNCC1CCC(O)C1. The summed E-state index contributed by atoms with van der Waals surface area (Å²) in [5.41, 5.74) is 2.92. The zero-order valence-electron chi connectivity index (χ0n) is 12.6. The van der Waals surface area contributed by atoms with E-state index in [9.17, 15) is 10.2 Å². The molecule has 3 unspecified atom stereocenters. The molecule has 0 aromatic carbocycles. The van der Waals surface area contributed by atoms with Gasteiger partial charge in [-0.05, 0) is 38.6 Å². The van der Waals surface area contributed by atoms with Crippen LogP contribution in [0.2, 0.25) is 0 Å². The second-order valence-corrected chi connectivity index (χ2v) is 6.77. The fraction of sp³-hybridized carbons (Fsp3) is 0.800. The molecule has 1 aromatic heterocycles. The first kappa shape index (κ1) is 16.8. The molecule has 0 spiro atoms. The number of ether oxygens (including phenoxy) is 1. The van der Waals surface area contributed by atoms with Gasteiger partial charge in [0.25, 0.3) is 0 Å². The van der Waals surface area contributed by atoms with Crippen molar-refractivity contribution in [2.45, 2.75) is 44.8 Å². The quantitative estimate of drug-likeness (QED) is 0.596. The highest BCUT2D eigenvalue weighted by Gasteiger charge is 2.22. The van der Waals surface area contributed by atoms with Crippen LogP contribution in [0.15, 0.2) is 5.51 Å². The molecule has 1 aromatic rings. The Morgan fingerprint density at radius 1 is 1.52 bits per heavy atom. The van der Waals surface area contributed by atoms with Crippen molar-refractivity contribution in [3.8, 4) is 0 Å². The van der Waals surface area contributed by atoms with E-state index in [0.717, 1.165) is 37.9 Å². The lowest BCUT2D eigenvalue weighted by Crippen LogP contribution is -2.33. The Balaban J connectivity index is 1.48. The maximum Gasteiger partial charge on any atom is 0.0897 e. The Kier molecular flexibility index (Phi) is 7.06. The zero-order chi connectivity index (χ0) is 15.1. The number of aliphatic hydroxyl groups is 2. The van der Waals surface area contributed by atoms with E-state index in [1.165, 1.54) is 4.88 Å². The smallest absolute Gasteiger partial charge is 0.0897 e. The van der Waals surface area contributed by atoms with E-state index in [1.807, 2.05) is 12.4 Å². The Morgan fingerprint density at radius 3 is 3.05 bits per heavy atom. The number of aliphatic hydroxyl groups excluding tert-OH is 2. The molecule has 120 valence electrons. The number of nitrogens with zero attached hydrogens (tertiary/aromatic N) is 1. The zero-order valence-corrected chi connectivity index (χ0v) is 13.4. The molecule has 0 saturated heterocycles. The van der Waals surface area contributed by atoms with E-state index in [0.29, 0.717) is 25.7 Å². The van der Waals surface area contributed by atoms with Gasteiger partial charge in [0.2, 0.25) is 0 Å². The Hall–Kier alpha value is -0.530. The predicted octanol–water partition coefficient (Wildman–Crippen LogP) is 1.12. The number of aromatic nitrogens is 1. The van der Waals surface area contributed by atoms with Gasteiger partial charge < -0.3 is 20.3 Å². The molecule has 0 aliphatic heterocycles. The molecule has 6 heteroatoms. The van der Waals surface area contributed by atoms with E-state index in [2.05, 4.69) is 10.3 Å². The maximum absolute atomic E-state index is 9.84. The van der Waals surface area contributed by atoms with Crippen molar-refractivity contribution < 1.29 is 14.9 Å². The summed E-state index contributed by atoms with van der Waals surface area (Å²) in [5.74, 6) is 0.544. The molecule has 0 amide bonds. The number of rotatable bonds is 9. The fourth-order valence-corrected chi connectivity index (χ4v) is 3.46.